The minimum absolute atomic E-state index is 0.00601. The number of benzene rings is 2. The van der Waals surface area contributed by atoms with Crippen molar-refractivity contribution in [3.63, 3.8) is 0 Å². The van der Waals surface area contributed by atoms with E-state index in [1.165, 1.54) is 30.3 Å². The third kappa shape index (κ3) is 2.48. The SMILES string of the molecule is Cc1ccc(F)c(C(=O)c2ccc(F)c(Br)c2)c1. The van der Waals surface area contributed by atoms with Gasteiger partial charge in [-0.15, -0.1) is 0 Å². The van der Waals surface area contributed by atoms with Crippen LogP contribution in [0.5, 0.6) is 0 Å². The zero-order valence-electron chi connectivity index (χ0n) is 9.51. The maximum atomic E-state index is 13.6. The van der Waals surface area contributed by atoms with E-state index in [1.807, 2.05) is 0 Å². The summed E-state index contributed by atoms with van der Waals surface area (Å²) in [6.07, 6.45) is 0. The van der Waals surface area contributed by atoms with Crippen LogP contribution in [0, 0.1) is 18.6 Å². The monoisotopic (exact) mass is 310 g/mol. The van der Waals surface area contributed by atoms with Gasteiger partial charge in [-0.05, 0) is 53.2 Å². The topological polar surface area (TPSA) is 17.1 Å². The Kier molecular flexibility index (Phi) is 3.57. The van der Waals surface area contributed by atoms with E-state index in [-0.39, 0.29) is 15.6 Å². The van der Waals surface area contributed by atoms with Crippen LogP contribution in [0.1, 0.15) is 21.5 Å². The number of carbonyl (C=O) groups excluding carboxylic acids is 1. The highest BCUT2D eigenvalue weighted by molar-refractivity contribution is 9.10. The van der Waals surface area contributed by atoms with Gasteiger partial charge < -0.3 is 0 Å². The summed E-state index contributed by atoms with van der Waals surface area (Å²) in [7, 11) is 0. The van der Waals surface area contributed by atoms with E-state index in [1.54, 1.807) is 13.0 Å². The third-order valence-corrected chi connectivity index (χ3v) is 3.16. The normalized spacial score (nSPS) is 10.4. The summed E-state index contributed by atoms with van der Waals surface area (Å²) in [5, 5.41) is 0. The Morgan fingerprint density at radius 2 is 1.72 bits per heavy atom. The van der Waals surface area contributed by atoms with Crippen molar-refractivity contribution in [1.29, 1.82) is 0 Å². The molecule has 0 radical (unpaired) electrons. The van der Waals surface area contributed by atoms with Crippen LogP contribution in [-0.2, 0) is 0 Å². The van der Waals surface area contributed by atoms with E-state index in [0.29, 0.717) is 0 Å². The minimum Gasteiger partial charge on any atom is -0.288 e. The van der Waals surface area contributed by atoms with Crippen molar-refractivity contribution in [3.05, 3.63) is 69.2 Å². The first-order chi connectivity index (χ1) is 8.49. The smallest absolute Gasteiger partial charge is 0.196 e. The summed E-state index contributed by atoms with van der Waals surface area (Å²) in [4.78, 5) is 12.1. The Bertz CT molecular complexity index is 623. The van der Waals surface area contributed by atoms with E-state index >= 15 is 0 Å². The number of hydrogen-bond donors (Lipinski definition) is 0. The fourth-order valence-electron chi connectivity index (χ4n) is 1.61. The van der Waals surface area contributed by atoms with E-state index in [4.69, 9.17) is 0 Å². The number of aryl methyl sites for hydroxylation is 1. The molecule has 0 aliphatic carbocycles. The van der Waals surface area contributed by atoms with Crippen molar-refractivity contribution in [2.24, 2.45) is 0 Å². The largest absolute Gasteiger partial charge is 0.288 e. The maximum Gasteiger partial charge on any atom is 0.196 e. The van der Waals surface area contributed by atoms with Crippen LogP contribution in [0.4, 0.5) is 8.78 Å². The van der Waals surface area contributed by atoms with Gasteiger partial charge >= 0.3 is 0 Å². The zero-order valence-corrected chi connectivity index (χ0v) is 11.1. The van der Waals surface area contributed by atoms with Gasteiger partial charge in [-0.25, -0.2) is 8.78 Å². The van der Waals surface area contributed by atoms with Gasteiger partial charge in [-0.1, -0.05) is 11.6 Å². The molecule has 4 heteroatoms. The van der Waals surface area contributed by atoms with Gasteiger partial charge in [-0.3, -0.25) is 4.79 Å². The summed E-state index contributed by atoms with van der Waals surface area (Å²) in [5.41, 5.74) is 1.03. The van der Waals surface area contributed by atoms with E-state index in [9.17, 15) is 13.6 Å². The van der Waals surface area contributed by atoms with Crippen LogP contribution < -0.4 is 0 Å². The Hall–Kier alpha value is -1.55. The van der Waals surface area contributed by atoms with Crippen molar-refractivity contribution >= 4 is 21.7 Å². The first kappa shape index (κ1) is 12.9. The van der Waals surface area contributed by atoms with Crippen LogP contribution >= 0.6 is 15.9 Å². The molecule has 0 amide bonds. The lowest BCUT2D eigenvalue weighted by molar-refractivity contribution is 0.103. The highest BCUT2D eigenvalue weighted by atomic mass is 79.9. The third-order valence-electron chi connectivity index (χ3n) is 2.55. The van der Waals surface area contributed by atoms with Crippen LogP contribution in [0.3, 0.4) is 0 Å². The lowest BCUT2D eigenvalue weighted by Gasteiger charge is -2.05. The average Bonchev–Trinajstić information content (AvgIpc) is 2.35. The van der Waals surface area contributed by atoms with Gasteiger partial charge in [0.1, 0.15) is 11.6 Å². The van der Waals surface area contributed by atoms with Crippen molar-refractivity contribution in [1.82, 2.24) is 0 Å². The lowest BCUT2D eigenvalue weighted by Crippen LogP contribution is -2.05. The van der Waals surface area contributed by atoms with E-state index in [2.05, 4.69) is 15.9 Å². The molecular formula is C14H9BrF2O. The molecule has 0 saturated heterocycles. The van der Waals surface area contributed by atoms with Crippen molar-refractivity contribution in [2.75, 3.05) is 0 Å². The fraction of sp³-hybridized carbons (Fsp3) is 0.0714. The molecule has 0 aliphatic heterocycles. The van der Waals surface area contributed by atoms with Gasteiger partial charge in [0.05, 0.1) is 10.0 Å². The highest BCUT2D eigenvalue weighted by Crippen LogP contribution is 2.20. The average molecular weight is 311 g/mol. The molecule has 2 rings (SSSR count). The summed E-state index contributed by atoms with van der Waals surface area (Å²) >= 11 is 3.00. The van der Waals surface area contributed by atoms with Crippen LogP contribution in [0.15, 0.2) is 40.9 Å². The van der Waals surface area contributed by atoms with Crippen molar-refractivity contribution in [3.8, 4) is 0 Å². The molecule has 0 saturated carbocycles. The van der Waals surface area contributed by atoms with Gasteiger partial charge in [0, 0.05) is 5.56 Å². The maximum absolute atomic E-state index is 13.6. The Morgan fingerprint density at radius 3 is 2.39 bits per heavy atom. The Labute approximate surface area is 112 Å². The van der Waals surface area contributed by atoms with Crippen LogP contribution in [0.25, 0.3) is 0 Å². The summed E-state index contributed by atoms with van der Waals surface area (Å²) in [6, 6.07) is 8.18. The standard InChI is InChI=1S/C14H9BrF2O/c1-8-2-4-12(16)10(6-8)14(18)9-3-5-13(17)11(15)7-9/h2-7H,1H3. The molecular weight excluding hydrogens is 302 g/mol. The molecule has 0 atom stereocenters. The highest BCUT2D eigenvalue weighted by Gasteiger charge is 2.15. The molecule has 0 aliphatic rings. The van der Waals surface area contributed by atoms with Crippen molar-refractivity contribution in [2.45, 2.75) is 6.92 Å². The fourth-order valence-corrected chi connectivity index (χ4v) is 1.98. The first-order valence-electron chi connectivity index (χ1n) is 5.25. The molecule has 0 aromatic heterocycles. The van der Waals surface area contributed by atoms with Crippen molar-refractivity contribution < 1.29 is 13.6 Å². The van der Waals surface area contributed by atoms with E-state index in [0.717, 1.165) is 5.56 Å². The number of carbonyl (C=O) groups is 1. The predicted octanol–water partition coefficient (Wildman–Crippen LogP) is 4.27. The molecule has 18 heavy (non-hydrogen) atoms. The summed E-state index contributed by atoms with van der Waals surface area (Å²) < 4.78 is 26.8. The van der Waals surface area contributed by atoms with Gasteiger partial charge in [0.15, 0.2) is 5.78 Å². The first-order valence-corrected chi connectivity index (χ1v) is 6.04. The summed E-state index contributed by atoms with van der Waals surface area (Å²) in [5.74, 6) is -1.50. The Morgan fingerprint density at radius 1 is 1.06 bits per heavy atom. The minimum atomic E-state index is -0.578. The van der Waals surface area contributed by atoms with Gasteiger partial charge in [-0.2, -0.15) is 0 Å². The van der Waals surface area contributed by atoms with Crippen LogP contribution in [-0.4, -0.2) is 5.78 Å². The second-order valence-electron chi connectivity index (χ2n) is 3.94. The number of halogens is 3. The zero-order chi connectivity index (χ0) is 13.3. The molecule has 0 heterocycles. The van der Waals surface area contributed by atoms with Gasteiger partial charge in [0.2, 0.25) is 0 Å². The Balaban J connectivity index is 2.47. The van der Waals surface area contributed by atoms with Crippen LogP contribution in [0.2, 0.25) is 0 Å². The number of hydrogen-bond acceptors (Lipinski definition) is 1. The molecule has 0 N–H and O–H groups in total. The number of ketones is 1. The number of rotatable bonds is 2. The van der Waals surface area contributed by atoms with Gasteiger partial charge in [0.25, 0.3) is 0 Å². The molecule has 0 unspecified atom stereocenters. The molecule has 0 fully saturated rings. The molecule has 92 valence electrons. The second-order valence-corrected chi connectivity index (χ2v) is 4.80. The molecule has 1 nitrogen and oxygen atoms in total. The predicted molar refractivity (Wildman–Crippen MR) is 68.7 cm³/mol. The molecule has 0 spiro atoms. The molecule has 0 bridgehead atoms. The quantitative estimate of drug-likeness (QED) is 0.757. The lowest BCUT2D eigenvalue weighted by atomic mass is 10.0. The molecule has 2 aromatic carbocycles. The summed E-state index contributed by atoms with van der Waals surface area (Å²) in [6.45, 7) is 1.77. The second kappa shape index (κ2) is 4.98. The van der Waals surface area contributed by atoms with E-state index < -0.39 is 17.4 Å². The molecule has 2 aromatic rings.